The van der Waals surface area contributed by atoms with Crippen molar-refractivity contribution >= 4 is 0 Å². The van der Waals surface area contributed by atoms with E-state index < -0.39 is 0 Å². The maximum absolute atomic E-state index is 6.03. The molecule has 4 fully saturated rings. The second-order valence-electron chi connectivity index (χ2n) is 6.33. The average molecular weight is 208 g/mol. The quantitative estimate of drug-likeness (QED) is 0.742. The number of nitrogens with two attached hydrogens (primary N) is 2. The molecule has 4 rings (SSSR count). The van der Waals surface area contributed by atoms with Crippen LogP contribution in [0.3, 0.4) is 0 Å². The van der Waals surface area contributed by atoms with E-state index in [2.05, 4.69) is 0 Å². The summed E-state index contributed by atoms with van der Waals surface area (Å²) in [4.78, 5) is 0. The van der Waals surface area contributed by atoms with Crippen LogP contribution in [-0.2, 0) is 0 Å². The summed E-state index contributed by atoms with van der Waals surface area (Å²) in [6, 6.07) is 0.257. The Kier molecular flexibility index (Phi) is 2.52. The monoisotopic (exact) mass is 208 g/mol. The van der Waals surface area contributed by atoms with Crippen LogP contribution in [0.1, 0.15) is 38.5 Å². The van der Waals surface area contributed by atoms with Gasteiger partial charge in [-0.25, -0.2) is 0 Å². The molecule has 4 saturated carbocycles. The fourth-order valence-electron chi connectivity index (χ4n) is 4.87. The smallest absolute Gasteiger partial charge is 0.0165 e. The molecule has 15 heavy (non-hydrogen) atoms. The summed E-state index contributed by atoms with van der Waals surface area (Å²) in [5.74, 6) is 5.12. The molecule has 0 saturated heterocycles. The van der Waals surface area contributed by atoms with Gasteiger partial charge in [0.05, 0.1) is 0 Å². The van der Waals surface area contributed by atoms with Gasteiger partial charge in [-0.2, -0.15) is 0 Å². The summed E-state index contributed by atoms with van der Waals surface area (Å²) in [5, 5.41) is 0. The lowest BCUT2D eigenvalue weighted by molar-refractivity contribution is -0.0416. The van der Waals surface area contributed by atoms with Crippen LogP contribution in [0, 0.1) is 29.6 Å². The van der Waals surface area contributed by atoms with Gasteiger partial charge in [0, 0.05) is 12.6 Å². The summed E-state index contributed by atoms with van der Waals surface area (Å²) in [5.41, 5.74) is 11.7. The molecule has 1 unspecified atom stereocenters. The molecule has 0 heterocycles. The Labute approximate surface area is 92.8 Å². The van der Waals surface area contributed by atoms with Gasteiger partial charge in [0.25, 0.3) is 0 Å². The summed E-state index contributed by atoms with van der Waals surface area (Å²) in [7, 11) is 0. The number of hydrogen-bond acceptors (Lipinski definition) is 2. The predicted molar refractivity (Wildman–Crippen MR) is 62.2 cm³/mol. The first-order valence-electron chi connectivity index (χ1n) is 6.72. The van der Waals surface area contributed by atoms with E-state index in [4.69, 9.17) is 11.5 Å². The van der Waals surface area contributed by atoms with Crippen LogP contribution in [0.4, 0.5) is 0 Å². The molecular formula is C13H24N2. The normalized spacial score (nSPS) is 49.6. The molecule has 4 aliphatic carbocycles. The van der Waals surface area contributed by atoms with E-state index >= 15 is 0 Å². The maximum Gasteiger partial charge on any atom is 0.0165 e. The van der Waals surface area contributed by atoms with Gasteiger partial charge in [-0.1, -0.05) is 0 Å². The fraction of sp³-hybridized carbons (Fsp3) is 1.00. The Hall–Kier alpha value is -0.0800. The van der Waals surface area contributed by atoms with Crippen LogP contribution in [0.5, 0.6) is 0 Å². The lowest BCUT2D eigenvalue weighted by Crippen LogP contribution is -2.47. The fourth-order valence-corrected chi connectivity index (χ4v) is 4.87. The third kappa shape index (κ3) is 1.72. The highest BCUT2D eigenvalue weighted by molar-refractivity contribution is 4.98. The summed E-state index contributed by atoms with van der Waals surface area (Å²) < 4.78 is 0. The first kappa shape index (κ1) is 10.1. The van der Waals surface area contributed by atoms with Gasteiger partial charge in [0.2, 0.25) is 0 Å². The lowest BCUT2D eigenvalue weighted by atomic mass is 9.51. The predicted octanol–water partition coefficient (Wildman–Crippen LogP) is 1.73. The standard InChI is InChI=1S/C13H24N2/c14-7-12(15)6-13-10-2-8-1-9(4-10)5-11(13)3-8/h8-13H,1-7,14-15H2. The topological polar surface area (TPSA) is 52.0 Å². The van der Waals surface area contributed by atoms with Gasteiger partial charge in [-0.15, -0.1) is 0 Å². The largest absolute Gasteiger partial charge is 0.329 e. The van der Waals surface area contributed by atoms with Gasteiger partial charge in [0.15, 0.2) is 0 Å². The van der Waals surface area contributed by atoms with Crippen molar-refractivity contribution in [2.45, 2.75) is 44.6 Å². The summed E-state index contributed by atoms with van der Waals surface area (Å²) >= 11 is 0. The molecule has 0 aromatic rings. The molecule has 0 spiro atoms. The van der Waals surface area contributed by atoms with Gasteiger partial charge in [-0.3, -0.25) is 0 Å². The number of rotatable bonds is 3. The third-order valence-corrected chi connectivity index (χ3v) is 5.30. The van der Waals surface area contributed by atoms with E-state index in [1.165, 1.54) is 32.1 Å². The van der Waals surface area contributed by atoms with Crippen molar-refractivity contribution in [3.63, 3.8) is 0 Å². The summed E-state index contributed by atoms with van der Waals surface area (Å²) in [6.07, 6.45) is 8.78. The molecule has 0 aromatic carbocycles. The van der Waals surface area contributed by atoms with Crippen LogP contribution in [0.2, 0.25) is 0 Å². The van der Waals surface area contributed by atoms with E-state index in [1.54, 1.807) is 6.42 Å². The molecule has 4 aliphatic rings. The van der Waals surface area contributed by atoms with Gasteiger partial charge >= 0.3 is 0 Å². The summed E-state index contributed by atoms with van der Waals surface area (Å²) in [6.45, 7) is 0.669. The van der Waals surface area contributed by atoms with Crippen molar-refractivity contribution in [3.05, 3.63) is 0 Å². The lowest BCUT2D eigenvalue weighted by Gasteiger charge is -2.55. The molecule has 0 aromatic heterocycles. The van der Waals surface area contributed by atoms with Crippen LogP contribution in [0.25, 0.3) is 0 Å². The zero-order valence-electron chi connectivity index (χ0n) is 9.57. The first-order chi connectivity index (χ1) is 7.26. The molecule has 0 amide bonds. The first-order valence-corrected chi connectivity index (χ1v) is 6.72. The van der Waals surface area contributed by atoms with E-state index in [-0.39, 0.29) is 6.04 Å². The second kappa shape index (κ2) is 3.74. The molecule has 4 N–H and O–H groups in total. The third-order valence-electron chi connectivity index (χ3n) is 5.30. The Balaban J connectivity index is 1.69. The van der Waals surface area contributed by atoms with Gasteiger partial charge < -0.3 is 11.5 Å². The van der Waals surface area contributed by atoms with E-state index in [1.807, 2.05) is 0 Å². The second-order valence-corrected chi connectivity index (χ2v) is 6.33. The highest BCUT2D eigenvalue weighted by Crippen LogP contribution is 2.57. The van der Waals surface area contributed by atoms with E-state index in [9.17, 15) is 0 Å². The van der Waals surface area contributed by atoms with E-state index in [0.717, 1.165) is 29.6 Å². The minimum absolute atomic E-state index is 0.257. The van der Waals surface area contributed by atoms with Crippen LogP contribution < -0.4 is 11.5 Å². The Morgan fingerprint density at radius 1 is 0.933 bits per heavy atom. The van der Waals surface area contributed by atoms with E-state index in [0.29, 0.717) is 6.54 Å². The highest BCUT2D eigenvalue weighted by Gasteiger charge is 2.47. The van der Waals surface area contributed by atoms with Gasteiger partial charge in [-0.05, 0) is 68.1 Å². The van der Waals surface area contributed by atoms with Crippen LogP contribution >= 0.6 is 0 Å². The Morgan fingerprint density at radius 2 is 1.47 bits per heavy atom. The van der Waals surface area contributed by atoms with Crippen LogP contribution in [-0.4, -0.2) is 12.6 Å². The maximum atomic E-state index is 6.03. The molecule has 4 bridgehead atoms. The number of hydrogen-bond donors (Lipinski definition) is 2. The molecule has 86 valence electrons. The average Bonchev–Trinajstić information content (AvgIpc) is 2.22. The molecule has 2 heteroatoms. The van der Waals surface area contributed by atoms with Crippen molar-refractivity contribution in [2.75, 3.05) is 6.54 Å². The zero-order chi connectivity index (χ0) is 10.4. The Morgan fingerprint density at radius 3 is 1.93 bits per heavy atom. The van der Waals surface area contributed by atoms with Crippen molar-refractivity contribution in [1.82, 2.24) is 0 Å². The zero-order valence-corrected chi connectivity index (χ0v) is 9.57. The van der Waals surface area contributed by atoms with Crippen molar-refractivity contribution in [2.24, 2.45) is 41.1 Å². The minimum atomic E-state index is 0.257. The van der Waals surface area contributed by atoms with Crippen LogP contribution in [0.15, 0.2) is 0 Å². The van der Waals surface area contributed by atoms with Crippen molar-refractivity contribution < 1.29 is 0 Å². The Bertz CT molecular complexity index is 211. The SMILES string of the molecule is NCC(N)CC1C2CC3CC(C2)CC1C3. The minimum Gasteiger partial charge on any atom is -0.329 e. The molecular weight excluding hydrogens is 184 g/mol. The van der Waals surface area contributed by atoms with Gasteiger partial charge in [0.1, 0.15) is 0 Å². The molecule has 2 nitrogen and oxygen atoms in total. The molecule has 1 atom stereocenters. The van der Waals surface area contributed by atoms with Crippen molar-refractivity contribution in [3.8, 4) is 0 Å². The highest BCUT2D eigenvalue weighted by atomic mass is 14.7. The molecule has 0 aliphatic heterocycles. The molecule has 0 radical (unpaired) electrons. The van der Waals surface area contributed by atoms with Crippen molar-refractivity contribution in [1.29, 1.82) is 0 Å².